The maximum Gasteiger partial charge on any atom is 0.302 e. The van der Waals surface area contributed by atoms with Gasteiger partial charge in [0.2, 0.25) is 0 Å². The molecule has 3 nitrogen and oxygen atoms in total. The highest BCUT2D eigenvalue weighted by molar-refractivity contribution is 5.65. The number of hydrogen-bond donors (Lipinski definition) is 1. The summed E-state index contributed by atoms with van der Waals surface area (Å²) in [6, 6.07) is 0. The summed E-state index contributed by atoms with van der Waals surface area (Å²) >= 11 is 0. The molecule has 0 radical (unpaired) electrons. The van der Waals surface area contributed by atoms with Crippen molar-refractivity contribution in [3.8, 4) is 12.3 Å². The summed E-state index contributed by atoms with van der Waals surface area (Å²) in [5.74, 6) is 2.14. The molecule has 0 spiro atoms. The van der Waals surface area contributed by atoms with Gasteiger partial charge in [0.15, 0.2) is 0 Å². The highest BCUT2D eigenvalue weighted by Gasteiger charge is 1.89. The molecule has 0 bridgehead atoms. The Kier molecular flexibility index (Phi) is 5.50. The van der Waals surface area contributed by atoms with Gasteiger partial charge in [-0.1, -0.05) is 5.92 Å². The standard InChI is InChI=1S/C7H11NO2/c1-3-4-8-5-6-10-7(2)9/h1,8H,4-6H2,2H3. The molecule has 0 aliphatic heterocycles. The van der Waals surface area contributed by atoms with E-state index in [1.165, 1.54) is 6.92 Å². The number of carbonyl (C=O) groups is 1. The summed E-state index contributed by atoms with van der Waals surface area (Å²) in [5.41, 5.74) is 0. The Morgan fingerprint density at radius 3 is 3.00 bits per heavy atom. The van der Waals surface area contributed by atoms with Gasteiger partial charge in [0.25, 0.3) is 0 Å². The maximum absolute atomic E-state index is 10.2. The van der Waals surface area contributed by atoms with E-state index in [0.29, 0.717) is 19.7 Å². The fraction of sp³-hybridized carbons (Fsp3) is 0.571. The zero-order chi connectivity index (χ0) is 7.82. The third-order valence-electron chi connectivity index (χ3n) is 0.811. The van der Waals surface area contributed by atoms with Crippen LogP contribution >= 0.6 is 0 Å². The molecule has 3 heteroatoms. The van der Waals surface area contributed by atoms with E-state index in [-0.39, 0.29) is 5.97 Å². The van der Waals surface area contributed by atoms with Crippen molar-refractivity contribution in [1.82, 2.24) is 5.32 Å². The molecule has 0 amide bonds. The Hall–Kier alpha value is -1.01. The Balaban J connectivity index is 2.92. The van der Waals surface area contributed by atoms with E-state index in [9.17, 15) is 4.79 Å². The van der Waals surface area contributed by atoms with Gasteiger partial charge in [-0.2, -0.15) is 0 Å². The lowest BCUT2D eigenvalue weighted by atomic mass is 10.6. The van der Waals surface area contributed by atoms with Gasteiger partial charge in [0, 0.05) is 13.5 Å². The Bertz CT molecular complexity index is 137. The first kappa shape index (κ1) is 8.99. The number of nitrogens with one attached hydrogen (secondary N) is 1. The topological polar surface area (TPSA) is 38.3 Å². The Morgan fingerprint density at radius 2 is 2.50 bits per heavy atom. The first-order chi connectivity index (χ1) is 4.77. The molecule has 1 N–H and O–H groups in total. The number of ether oxygens (including phenoxy) is 1. The lowest BCUT2D eigenvalue weighted by Crippen LogP contribution is -2.20. The Labute approximate surface area is 60.8 Å². The van der Waals surface area contributed by atoms with Crippen LogP contribution < -0.4 is 5.32 Å². The summed E-state index contributed by atoms with van der Waals surface area (Å²) in [6.45, 7) is 2.89. The van der Waals surface area contributed by atoms with Crippen molar-refractivity contribution in [3.05, 3.63) is 0 Å². The van der Waals surface area contributed by atoms with Gasteiger partial charge in [0.05, 0.1) is 6.54 Å². The lowest BCUT2D eigenvalue weighted by Gasteiger charge is -2.00. The molecule has 10 heavy (non-hydrogen) atoms. The molecule has 0 aliphatic carbocycles. The first-order valence-electron chi connectivity index (χ1n) is 3.05. The monoisotopic (exact) mass is 141 g/mol. The summed E-state index contributed by atoms with van der Waals surface area (Å²) in [4.78, 5) is 10.2. The zero-order valence-electron chi connectivity index (χ0n) is 6.02. The van der Waals surface area contributed by atoms with Crippen molar-refractivity contribution in [1.29, 1.82) is 0 Å². The van der Waals surface area contributed by atoms with Crippen molar-refractivity contribution in [3.63, 3.8) is 0 Å². The summed E-state index contributed by atoms with van der Waals surface area (Å²) < 4.78 is 4.62. The van der Waals surface area contributed by atoms with Crippen LogP contribution in [-0.2, 0) is 9.53 Å². The van der Waals surface area contributed by atoms with Crippen LogP contribution in [0.4, 0.5) is 0 Å². The second kappa shape index (κ2) is 6.12. The van der Waals surface area contributed by atoms with Gasteiger partial charge in [-0.25, -0.2) is 0 Å². The second-order valence-corrected chi connectivity index (χ2v) is 1.72. The fourth-order valence-corrected chi connectivity index (χ4v) is 0.427. The molecule has 0 aromatic heterocycles. The molecule has 0 saturated carbocycles. The average molecular weight is 141 g/mol. The predicted octanol–water partition coefficient (Wildman–Crippen LogP) is -0.228. The summed E-state index contributed by atoms with van der Waals surface area (Å²) in [5, 5.41) is 2.88. The largest absolute Gasteiger partial charge is 0.465 e. The molecule has 0 aromatic carbocycles. The maximum atomic E-state index is 10.2. The summed E-state index contributed by atoms with van der Waals surface area (Å²) in [7, 11) is 0. The quantitative estimate of drug-likeness (QED) is 0.334. The van der Waals surface area contributed by atoms with Gasteiger partial charge in [-0.15, -0.1) is 6.42 Å². The van der Waals surface area contributed by atoms with Crippen LogP contribution in [0.5, 0.6) is 0 Å². The minimum atomic E-state index is -0.262. The van der Waals surface area contributed by atoms with Crippen LogP contribution in [0.25, 0.3) is 0 Å². The predicted molar refractivity (Wildman–Crippen MR) is 38.3 cm³/mol. The van der Waals surface area contributed by atoms with Gasteiger partial charge in [0.1, 0.15) is 6.61 Å². The molecule has 0 heterocycles. The minimum Gasteiger partial charge on any atom is -0.465 e. The molecular formula is C7H11NO2. The molecule has 0 aliphatic rings. The SMILES string of the molecule is C#CCNCCOC(C)=O. The number of terminal acetylenes is 1. The van der Waals surface area contributed by atoms with Crippen LogP contribution in [0.2, 0.25) is 0 Å². The number of esters is 1. The van der Waals surface area contributed by atoms with Gasteiger partial charge < -0.3 is 10.1 Å². The molecule has 0 unspecified atom stereocenters. The number of rotatable bonds is 4. The molecular weight excluding hydrogens is 130 g/mol. The van der Waals surface area contributed by atoms with Gasteiger partial charge in [-0.05, 0) is 0 Å². The molecule has 0 aromatic rings. The first-order valence-corrected chi connectivity index (χ1v) is 3.05. The van der Waals surface area contributed by atoms with Gasteiger partial charge >= 0.3 is 5.97 Å². The zero-order valence-corrected chi connectivity index (χ0v) is 6.02. The van der Waals surface area contributed by atoms with Crippen LogP contribution in [0, 0.1) is 12.3 Å². The van der Waals surface area contributed by atoms with Crippen molar-refractivity contribution in [2.24, 2.45) is 0 Å². The average Bonchev–Trinajstić information content (AvgIpc) is 1.87. The fourth-order valence-electron chi connectivity index (χ4n) is 0.427. The summed E-state index contributed by atoms with van der Waals surface area (Å²) in [6.07, 6.45) is 4.95. The van der Waals surface area contributed by atoms with E-state index in [1.807, 2.05) is 0 Å². The van der Waals surface area contributed by atoms with E-state index in [2.05, 4.69) is 16.0 Å². The normalized spacial score (nSPS) is 8.40. The van der Waals surface area contributed by atoms with Crippen molar-refractivity contribution in [2.45, 2.75) is 6.92 Å². The van der Waals surface area contributed by atoms with E-state index in [1.54, 1.807) is 0 Å². The highest BCUT2D eigenvalue weighted by Crippen LogP contribution is 1.72. The minimum absolute atomic E-state index is 0.262. The molecule has 0 atom stereocenters. The van der Waals surface area contributed by atoms with E-state index in [0.717, 1.165) is 0 Å². The van der Waals surface area contributed by atoms with Crippen molar-refractivity contribution < 1.29 is 9.53 Å². The van der Waals surface area contributed by atoms with Crippen molar-refractivity contribution >= 4 is 5.97 Å². The third kappa shape index (κ3) is 6.99. The molecule has 56 valence electrons. The van der Waals surface area contributed by atoms with E-state index >= 15 is 0 Å². The van der Waals surface area contributed by atoms with Crippen LogP contribution in [0.15, 0.2) is 0 Å². The third-order valence-corrected chi connectivity index (χ3v) is 0.811. The van der Waals surface area contributed by atoms with Crippen molar-refractivity contribution in [2.75, 3.05) is 19.7 Å². The smallest absolute Gasteiger partial charge is 0.302 e. The van der Waals surface area contributed by atoms with E-state index < -0.39 is 0 Å². The van der Waals surface area contributed by atoms with Crippen LogP contribution in [-0.4, -0.2) is 25.7 Å². The molecule has 0 saturated heterocycles. The molecule has 0 rings (SSSR count). The van der Waals surface area contributed by atoms with E-state index in [4.69, 9.17) is 6.42 Å². The Morgan fingerprint density at radius 1 is 1.80 bits per heavy atom. The van der Waals surface area contributed by atoms with Crippen LogP contribution in [0.3, 0.4) is 0 Å². The number of hydrogen-bond acceptors (Lipinski definition) is 3. The highest BCUT2D eigenvalue weighted by atomic mass is 16.5. The lowest BCUT2D eigenvalue weighted by molar-refractivity contribution is -0.140. The van der Waals surface area contributed by atoms with Crippen LogP contribution in [0.1, 0.15) is 6.92 Å². The molecule has 0 fully saturated rings. The van der Waals surface area contributed by atoms with Gasteiger partial charge in [-0.3, -0.25) is 4.79 Å². The second-order valence-electron chi connectivity index (χ2n) is 1.72. The number of carbonyl (C=O) groups excluding carboxylic acids is 1.